The number of hydrogen-bond acceptors (Lipinski definition) is 4. The highest BCUT2D eigenvalue weighted by molar-refractivity contribution is 9.10. The highest BCUT2D eigenvalue weighted by Crippen LogP contribution is 2.34. The number of amides is 1. The van der Waals surface area contributed by atoms with Crippen LogP contribution in [0, 0.1) is 0 Å². The lowest BCUT2D eigenvalue weighted by Gasteiger charge is -2.09. The Bertz CT molecular complexity index is 1110. The van der Waals surface area contributed by atoms with E-state index in [2.05, 4.69) is 26.2 Å². The minimum Gasteiger partial charge on any atom is -0.496 e. The smallest absolute Gasteiger partial charge is 0.264 e. The molecule has 1 heterocycles. The summed E-state index contributed by atoms with van der Waals surface area (Å²) in [4.78, 5) is 17.5. The van der Waals surface area contributed by atoms with Crippen LogP contribution in [-0.2, 0) is 4.79 Å². The third-order valence-electron chi connectivity index (χ3n) is 4.12. The number of benzene rings is 3. The number of amidine groups is 1. The van der Waals surface area contributed by atoms with E-state index < -0.39 is 0 Å². The van der Waals surface area contributed by atoms with E-state index in [1.807, 2.05) is 66.7 Å². The maximum atomic E-state index is 12.5. The summed E-state index contributed by atoms with van der Waals surface area (Å²) in [7, 11) is 1.63. The zero-order valence-electron chi connectivity index (χ0n) is 14.4. The van der Waals surface area contributed by atoms with Crippen LogP contribution in [0.25, 0.3) is 16.8 Å². The van der Waals surface area contributed by atoms with Crippen LogP contribution in [0.1, 0.15) is 5.56 Å². The Morgan fingerprint density at radius 1 is 1.11 bits per heavy atom. The molecule has 1 fully saturated rings. The number of carbonyl (C=O) groups excluding carboxylic acids is 1. The maximum absolute atomic E-state index is 12.5. The molecule has 27 heavy (non-hydrogen) atoms. The van der Waals surface area contributed by atoms with Crippen molar-refractivity contribution < 1.29 is 9.53 Å². The van der Waals surface area contributed by atoms with Gasteiger partial charge in [0.2, 0.25) is 0 Å². The second-order valence-electron chi connectivity index (χ2n) is 5.86. The molecule has 3 aromatic carbocycles. The van der Waals surface area contributed by atoms with Crippen LogP contribution in [0.2, 0.25) is 0 Å². The molecule has 0 aromatic heterocycles. The van der Waals surface area contributed by atoms with Crippen LogP contribution in [0.15, 0.2) is 75.0 Å². The Morgan fingerprint density at radius 3 is 2.78 bits per heavy atom. The van der Waals surface area contributed by atoms with Gasteiger partial charge in [-0.05, 0) is 52.9 Å². The van der Waals surface area contributed by atoms with Gasteiger partial charge in [0.15, 0.2) is 5.17 Å². The summed E-state index contributed by atoms with van der Waals surface area (Å²) >= 11 is 4.75. The van der Waals surface area contributed by atoms with E-state index in [4.69, 9.17) is 4.74 Å². The van der Waals surface area contributed by atoms with Gasteiger partial charge >= 0.3 is 0 Å². The third kappa shape index (κ3) is 3.77. The van der Waals surface area contributed by atoms with Crippen LogP contribution in [0.3, 0.4) is 0 Å². The molecule has 1 aliphatic heterocycles. The van der Waals surface area contributed by atoms with E-state index in [9.17, 15) is 4.79 Å². The number of nitrogens with zero attached hydrogens (tertiary/aromatic N) is 1. The van der Waals surface area contributed by atoms with Crippen molar-refractivity contribution >= 4 is 61.3 Å². The van der Waals surface area contributed by atoms with Gasteiger partial charge in [-0.15, -0.1) is 0 Å². The quantitative estimate of drug-likeness (QED) is 0.548. The Hall–Kier alpha value is -2.57. The highest BCUT2D eigenvalue weighted by Gasteiger charge is 2.24. The first-order chi connectivity index (χ1) is 13.1. The number of fused-ring (bicyclic) bond motifs is 1. The predicted molar refractivity (Wildman–Crippen MR) is 115 cm³/mol. The van der Waals surface area contributed by atoms with Gasteiger partial charge in [0.05, 0.1) is 17.7 Å². The SMILES string of the molecule is COc1ccc2ccccc2c1/C=C1/SC(=Nc2cccc(Br)c2)NC1=O. The molecule has 134 valence electrons. The van der Waals surface area contributed by atoms with Crippen molar-refractivity contribution in [3.8, 4) is 5.75 Å². The number of hydrogen-bond donors (Lipinski definition) is 1. The van der Waals surface area contributed by atoms with Gasteiger partial charge in [-0.3, -0.25) is 4.79 Å². The van der Waals surface area contributed by atoms with Crippen LogP contribution in [0.5, 0.6) is 5.75 Å². The zero-order valence-corrected chi connectivity index (χ0v) is 16.8. The fourth-order valence-electron chi connectivity index (χ4n) is 2.88. The van der Waals surface area contributed by atoms with Gasteiger partial charge in [0.25, 0.3) is 5.91 Å². The summed E-state index contributed by atoms with van der Waals surface area (Å²) in [6, 6.07) is 19.6. The van der Waals surface area contributed by atoms with Crippen LogP contribution in [0.4, 0.5) is 5.69 Å². The summed E-state index contributed by atoms with van der Waals surface area (Å²) < 4.78 is 6.45. The number of methoxy groups -OCH3 is 1. The number of aliphatic imine (C=N–C) groups is 1. The molecule has 4 nitrogen and oxygen atoms in total. The van der Waals surface area contributed by atoms with Gasteiger partial charge in [0.1, 0.15) is 5.75 Å². The number of nitrogens with one attached hydrogen (secondary N) is 1. The van der Waals surface area contributed by atoms with Crippen LogP contribution < -0.4 is 10.1 Å². The molecule has 0 radical (unpaired) electrons. The van der Waals surface area contributed by atoms with Crippen molar-refractivity contribution in [3.05, 3.63) is 75.6 Å². The molecule has 0 bridgehead atoms. The van der Waals surface area contributed by atoms with E-state index in [-0.39, 0.29) is 5.91 Å². The van der Waals surface area contributed by atoms with Crippen LogP contribution in [-0.4, -0.2) is 18.2 Å². The Morgan fingerprint density at radius 2 is 1.96 bits per heavy atom. The third-order valence-corrected chi connectivity index (χ3v) is 5.52. The lowest BCUT2D eigenvalue weighted by molar-refractivity contribution is -0.115. The maximum Gasteiger partial charge on any atom is 0.264 e. The van der Waals surface area contributed by atoms with Crippen molar-refractivity contribution in [2.75, 3.05) is 7.11 Å². The summed E-state index contributed by atoms with van der Waals surface area (Å²) in [6.45, 7) is 0. The molecule has 0 aliphatic carbocycles. The predicted octanol–water partition coefficient (Wildman–Crippen LogP) is 5.50. The monoisotopic (exact) mass is 438 g/mol. The first kappa shape index (κ1) is 17.8. The molecule has 0 atom stereocenters. The Balaban J connectivity index is 1.73. The minimum atomic E-state index is -0.163. The van der Waals surface area contributed by atoms with Crippen LogP contribution >= 0.6 is 27.7 Å². The van der Waals surface area contributed by atoms with Crippen molar-refractivity contribution in [1.82, 2.24) is 5.32 Å². The molecular weight excluding hydrogens is 424 g/mol. The molecule has 1 saturated heterocycles. The number of rotatable bonds is 3. The number of thioether (sulfide) groups is 1. The largest absolute Gasteiger partial charge is 0.496 e. The van der Waals surface area contributed by atoms with Gasteiger partial charge < -0.3 is 10.1 Å². The molecule has 0 spiro atoms. The minimum absolute atomic E-state index is 0.163. The first-order valence-corrected chi connectivity index (χ1v) is 9.86. The summed E-state index contributed by atoms with van der Waals surface area (Å²) in [5, 5.41) is 5.52. The van der Waals surface area contributed by atoms with Crippen molar-refractivity contribution in [2.45, 2.75) is 0 Å². The molecule has 0 saturated carbocycles. The molecule has 1 amide bonds. The second-order valence-corrected chi connectivity index (χ2v) is 7.81. The molecule has 1 aliphatic rings. The van der Waals surface area contributed by atoms with Crippen molar-refractivity contribution in [3.63, 3.8) is 0 Å². The van der Waals surface area contributed by atoms with Gasteiger partial charge in [-0.25, -0.2) is 4.99 Å². The fourth-order valence-corrected chi connectivity index (χ4v) is 4.09. The van der Waals surface area contributed by atoms with Gasteiger partial charge in [0, 0.05) is 10.0 Å². The summed E-state index contributed by atoms with van der Waals surface area (Å²) in [5.41, 5.74) is 1.66. The van der Waals surface area contributed by atoms with Crippen molar-refractivity contribution in [1.29, 1.82) is 0 Å². The number of carbonyl (C=O) groups is 1. The van der Waals surface area contributed by atoms with Crippen molar-refractivity contribution in [2.24, 2.45) is 4.99 Å². The van der Waals surface area contributed by atoms with Gasteiger partial charge in [-0.2, -0.15) is 0 Å². The van der Waals surface area contributed by atoms with E-state index in [1.54, 1.807) is 7.11 Å². The highest BCUT2D eigenvalue weighted by atomic mass is 79.9. The topological polar surface area (TPSA) is 50.7 Å². The van der Waals surface area contributed by atoms with E-state index in [0.29, 0.717) is 10.1 Å². The van der Waals surface area contributed by atoms with E-state index in [0.717, 1.165) is 32.2 Å². The average Bonchev–Trinajstić information content (AvgIpc) is 3.01. The normalized spacial score (nSPS) is 16.9. The van der Waals surface area contributed by atoms with Gasteiger partial charge in [-0.1, -0.05) is 52.3 Å². The molecule has 6 heteroatoms. The summed E-state index contributed by atoms with van der Waals surface area (Å²) in [6.07, 6.45) is 1.87. The molecule has 4 rings (SSSR count). The summed E-state index contributed by atoms with van der Waals surface area (Å²) in [5.74, 6) is 0.565. The second kappa shape index (κ2) is 7.58. The molecular formula is C21H15BrN2O2S. The van der Waals surface area contributed by atoms with E-state index in [1.165, 1.54) is 11.8 Å². The lowest BCUT2D eigenvalue weighted by Crippen LogP contribution is -2.19. The fraction of sp³-hybridized carbons (Fsp3) is 0.0476. The molecule has 0 unspecified atom stereocenters. The van der Waals surface area contributed by atoms with E-state index >= 15 is 0 Å². The average molecular weight is 439 g/mol. The first-order valence-electron chi connectivity index (χ1n) is 8.25. The lowest BCUT2D eigenvalue weighted by atomic mass is 10.0. The number of ether oxygens (including phenoxy) is 1. The Labute approximate surface area is 169 Å². The number of halogens is 1. The standard InChI is InChI=1S/C21H15BrN2O2S/c1-26-18-10-9-13-5-2-3-8-16(13)17(18)12-19-20(25)24-21(27-19)23-15-7-4-6-14(22)11-15/h2-12H,1H3,(H,23,24,25)/b19-12+. The zero-order chi connectivity index (χ0) is 18.8. The Kier molecular flexibility index (Phi) is 5.01. The molecule has 1 N–H and O–H groups in total. The molecule has 3 aromatic rings.